The van der Waals surface area contributed by atoms with Crippen LogP contribution < -0.4 is 0 Å². The molecule has 0 unspecified atom stereocenters. The van der Waals surface area contributed by atoms with Crippen molar-refractivity contribution in [1.82, 2.24) is 14.5 Å². The smallest absolute Gasteiger partial charge is 0.148 e. The molecule has 0 saturated carbocycles. The first kappa shape index (κ1) is 30.5. The fraction of sp³-hybridized carbons (Fsp3) is 0.236. The quantitative estimate of drug-likeness (QED) is 0.162. The van der Waals surface area contributed by atoms with E-state index in [-0.39, 0.29) is 43.5 Å². The predicted octanol–water partition coefficient (Wildman–Crippen LogP) is 14.6. The molecule has 0 radical (unpaired) electrons. The maximum absolute atomic E-state index is 12.0. The van der Waals surface area contributed by atoms with Gasteiger partial charge < -0.3 is 5.11 Å². The van der Waals surface area contributed by atoms with E-state index < -0.39 is 77.3 Å². The zero-order chi connectivity index (χ0) is 51.3. The molecule has 0 spiro atoms. The Labute approximate surface area is 386 Å². The number of imidazole rings is 1. The van der Waals surface area contributed by atoms with E-state index in [4.69, 9.17) is 18.7 Å². The van der Waals surface area contributed by atoms with Gasteiger partial charge in [-0.25, -0.2) is 4.98 Å². The summed E-state index contributed by atoms with van der Waals surface area (Å²) in [5, 5.41) is 12.0. The number of hydrogen-bond acceptors (Lipinski definition) is 3. The van der Waals surface area contributed by atoms with Crippen LogP contribution in [0.1, 0.15) is 104 Å². The molecule has 1 N–H and O–H groups in total. The van der Waals surface area contributed by atoms with Gasteiger partial charge in [0.15, 0.2) is 0 Å². The van der Waals surface area contributed by atoms with Crippen molar-refractivity contribution >= 4 is 11.0 Å². The van der Waals surface area contributed by atoms with Crippen molar-refractivity contribution < 1.29 is 41.3 Å². The van der Waals surface area contributed by atoms with Crippen LogP contribution in [0.4, 0.5) is 0 Å². The van der Waals surface area contributed by atoms with Crippen molar-refractivity contribution in [3.05, 3.63) is 167 Å². The van der Waals surface area contributed by atoms with Crippen LogP contribution in [-0.2, 0) is 31.9 Å². The first-order valence-corrected chi connectivity index (χ1v) is 19.7. The van der Waals surface area contributed by atoms with E-state index in [9.17, 15) is 6.48 Å². The minimum atomic E-state index is -2.97. The Balaban J connectivity index is 0.00000741. The summed E-state index contributed by atoms with van der Waals surface area (Å²) < 4.78 is 96.9. The molecule has 8 aromatic rings. The normalized spacial score (nSPS) is 14.9. The standard InChI is InChI=1S/C55H54N3O.Pt/c1-34(2)39-23-24-49(46(31-39)38-15-12-11-13-16-38)58-50-18-14-17-45(51(50)57-53(58)47-33-43(54(5,6)7)27-36(4)52(47)59)41-28-42(30-44(29-41)55(8,9)10)48-32-40(25-26-56-48)37-21-19-35(3)20-22-37;/h11-27,29-34,59H,1-10H3;/q-1;/i3D3,19D,20D,21D,22D,25D,26D,32D,34D;. The van der Waals surface area contributed by atoms with Crippen molar-refractivity contribution in [2.24, 2.45) is 0 Å². The predicted molar refractivity (Wildman–Crippen MR) is 248 cm³/mol. The second-order valence-electron chi connectivity index (χ2n) is 17.4. The molecule has 2 heterocycles. The number of phenols is 1. The van der Waals surface area contributed by atoms with E-state index in [1.165, 1.54) is 0 Å². The number of aromatic nitrogens is 3. The molecular weight excluding hydrogens is 914 g/mol. The molecule has 0 amide bonds. The number of phenolic OH excluding ortho intramolecular Hbond substituents is 1. The van der Waals surface area contributed by atoms with Crippen molar-refractivity contribution in [3.63, 3.8) is 0 Å². The second kappa shape index (κ2) is 16.5. The van der Waals surface area contributed by atoms with E-state index in [0.717, 1.165) is 33.5 Å². The summed E-state index contributed by atoms with van der Waals surface area (Å²) in [6.45, 7) is 15.0. The van der Waals surface area contributed by atoms with Gasteiger partial charge in [0.1, 0.15) is 11.6 Å². The summed E-state index contributed by atoms with van der Waals surface area (Å²) in [6, 6.07) is 28.7. The fourth-order valence-electron chi connectivity index (χ4n) is 7.30. The number of benzene rings is 6. The van der Waals surface area contributed by atoms with Crippen LogP contribution >= 0.6 is 0 Å². The number of aromatic hydroxyl groups is 1. The van der Waals surface area contributed by atoms with Gasteiger partial charge in [0.25, 0.3) is 0 Å². The van der Waals surface area contributed by atoms with Gasteiger partial charge in [-0.1, -0.05) is 157 Å². The molecule has 0 aliphatic carbocycles. The van der Waals surface area contributed by atoms with Crippen LogP contribution in [0, 0.1) is 19.8 Å². The van der Waals surface area contributed by atoms with E-state index in [1.54, 1.807) is 6.07 Å². The zero-order valence-corrected chi connectivity index (χ0v) is 37.5. The van der Waals surface area contributed by atoms with Crippen molar-refractivity contribution in [2.75, 3.05) is 0 Å². The average Bonchev–Trinajstić information content (AvgIpc) is 3.67. The fourth-order valence-corrected chi connectivity index (χ4v) is 7.30. The summed E-state index contributed by atoms with van der Waals surface area (Å²) >= 11 is 0. The third-order valence-corrected chi connectivity index (χ3v) is 10.7. The van der Waals surface area contributed by atoms with Gasteiger partial charge in [-0.05, 0) is 94.2 Å². The number of aryl methyl sites for hydroxylation is 1. The Kier molecular flexibility index (Phi) is 8.36. The van der Waals surface area contributed by atoms with E-state index in [1.807, 2.05) is 131 Å². The molecule has 0 aliphatic rings. The maximum Gasteiger partial charge on any atom is 0.148 e. The second-order valence-corrected chi connectivity index (χ2v) is 17.4. The summed E-state index contributed by atoms with van der Waals surface area (Å²) in [5.41, 5.74) is 6.40. The first-order valence-electron chi connectivity index (χ1n) is 25.2. The van der Waals surface area contributed by atoms with E-state index in [2.05, 4.69) is 31.8 Å². The van der Waals surface area contributed by atoms with Gasteiger partial charge in [-0.15, -0.1) is 29.3 Å². The third-order valence-electron chi connectivity index (χ3n) is 10.7. The Hall–Kier alpha value is -5.57. The Morgan fingerprint density at radius 1 is 0.733 bits per heavy atom. The van der Waals surface area contributed by atoms with Gasteiger partial charge in [-0.2, -0.15) is 0 Å². The number of rotatable bonds is 7. The number of para-hydroxylation sites is 1. The van der Waals surface area contributed by atoms with Crippen LogP contribution in [0.2, 0.25) is 0 Å². The third kappa shape index (κ3) is 8.28. The number of pyridine rings is 1. The van der Waals surface area contributed by atoms with E-state index >= 15 is 0 Å². The summed E-state index contributed by atoms with van der Waals surface area (Å²) in [4.78, 5) is 9.85. The summed E-state index contributed by atoms with van der Waals surface area (Å²) in [6.07, 6.45) is -0.596. The van der Waals surface area contributed by atoms with Crippen molar-refractivity contribution in [2.45, 2.75) is 85.9 Å². The molecule has 6 aromatic carbocycles. The minimum absolute atomic E-state index is 0. The molecule has 0 fully saturated rings. The van der Waals surface area contributed by atoms with Crippen LogP contribution in [0.25, 0.3) is 72.7 Å². The first-order chi connectivity index (χ1) is 32.5. The summed E-state index contributed by atoms with van der Waals surface area (Å²) in [7, 11) is 0. The largest absolute Gasteiger partial charge is 0.507 e. The monoisotopic (exact) mass is 978 g/mol. The molecule has 0 atom stereocenters. The molecule has 0 aliphatic heterocycles. The van der Waals surface area contributed by atoms with Gasteiger partial charge >= 0.3 is 0 Å². The zero-order valence-electron chi connectivity index (χ0n) is 46.3. The Morgan fingerprint density at radius 2 is 1.43 bits per heavy atom. The number of hydrogen-bond donors (Lipinski definition) is 1. The molecule has 8 rings (SSSR count). The molecule has 306 valence electrons. The van der Waals surface area contributed by atoms with E-state index in [0.29, 0.717) is 39.1 Å². The average molecular weight is 979 g/mol. The molecule has 0 bridgehead atoms. The maximum atomic E-state index is 12.0. The van der Waals surface area contributed by atoms with Crippen molar-refractivity contribution in [3.8, 4) is 67.5 Å². The number of nitrogens with zero attached hydrogens (tertiary/aromatic N) is 3. The Morgan fingerprint density at radius 3 is 2.12 bits per heavy atom. The topological polar surface area (TPSA) is 50.9 Å². The van der Waals surface area contributed by atoms with Crippen LogP contribution in [0.3, 0.4) is 0 Å². The molecule has 60 heavy (non-hydrogen) atoms. The SMILES string of the molecule is [2H]c1nc(-c2[c-]c(-c3cccc4c3nc(-c3cc(C(C)(C)C)cc(C)c3O)n4-c3ccc(C([2H])(C)C)cc3-c3ccccc3)cc(C(C)(C)C)c2)c([2H])c(-c2c([2H])c([2H])c(C([2H])([2H])[2H])c([2H])c2[2H])c1[2H].[Pt]. The van der Waals surface area contributed by atoms with Crippen molar-refractivity contribution in [1.29, 1.82) is 0 Å². The summed E-state index contributed by atoms with van der Waals surface area (Å²) in [5.74, 6) is -0.381. The molecular formula is C55H54N3OPt-. The van der Waals surface area contributed by atoms with Gasteiger partial charge in [0.05, 0.1) is 31.9 Å². The molecule has 0 saturated heterocycles. The Bertz CT molecular complexity index is 3390. The molecule has 4 nitrogen and oxygen atoms in total. The van der Waals surface area contributed by atoms with Gasteiger partial charge in [0, 0.05) is 44.0 Å². The molecule has 5 heteroatoms. The number of fused-ring (bicyclic) bond motifs is 1. The molecule has 2 aromatic heterocycles. The van der Waals surface area contributed by atoms with Gasteiger partial charge in [-0.3, -0.25) is 9.55 Å². The van der Waals surface area contributed by atoms with Crippen LogP contribution in [0.15, 0.2) is 133 Å². The van der Waals surface area contributed by atoms with Crippen LogP contribution in [-0.4, -0.2) is 19.6 Å². The minimum Gasteiger partial charge on any atom is -0.507 e. The van der Waals surface area contributed by atoms with Gasteiger partial charge in [0.2, 0.25) is 0 Å². The van der Waals surface area contributed by atoms with Crippen LogP contribution in [0.5, 0.6) is 5.75 Å².